The number of amides is 2. The summed E-state index contributed by atoms with van der Waals surface area (Å²) in [6.07, 6.45) is -4.21. The van der Waals surface area contributed by atoms with Crippen LogP contribution in [0.3, 0.4) is 0 Å². The number of hydrogen-bond acceptors (Lipinski definition) is 9. The minimum atomic E-state index is -1.56. The van der Waals surface area contributed by atoms with Crippen LogP contribution < -0.4 is 15.7 Å². The zero-order valence-electron chi connectivity index (χ0n) is 24.4. The van der Waals surface area contributed by atoms with Crippen LogP contribution in [0.2, 0.25) is 0 Å². The summed E-state index contributed by atoms with van der Waals surface area (Å²) in [5.74, 6) is 0.0407. The standard InChI is InChI=1S/C30H45N3O8/c1-29(2,3)41-27(38)32-23(15-20-9-7-6-8-10-20)25(36)17-31-18-26(37)24(16-21-11-13-22(35)14-12-21)33(28(39)40)30(4,5)19-34/h6-14,23-26,31,34-37H,15-19H2,1-5H3,(H,32,38)(H,39,40)/p-1/t23-,24-,25+,26+/m0/s1. The highest BCUT2D eigenvalue weighted by Crippen LogP contribution is 2.23. The SMILES string of the molecule is CC(C)(C)OC(=O)N[C@@H](Cc1ccccc1)[C@H](O)CNC[C@@H](O)[C@H](Cc1ccc(O)cc1)N(C(=O)[O-])C(C)(C)CO. The second-order valence-corrected chi connectivity index (χ2v) is 11.8. The lowest BCUT2D eigenvalue weighted by Gasteiger charge is -2.46. The molecule has 11 nitrogen and oxygen atoms in total. The topological polar surface area (TPSA) is 175 Å². The van der Waals surface area contributed by atoms with E-state index in [0.29, 0.717) is 12.0 Å². The minimum Gasteiger partial charge on any atom is -0.530 e. The third-order valence-electron chi connectivity index (χ3n) is 6.56. The lowest BCUT2D eigenvalue weighted by molar-refractivity contribution is -0.277. The summed E-state index contributed by atoms with van der Waals surface area (Å²) in [7, 11) is 0. The fourth-order valence-corrected chi connectivity index (χ4v) is 4.45. The van der Waals surface area contributed by atoms with Gasteiger partial charge in [0.1, 0.15) is 17.4 Å². The van der Waals surface area contributed by atoms with Gasteiger partial charge in [-0.25, -0.2) is 4.79 Å². The number of carboxylic acid groups (broad SMARTS) is 1. The smallest absolute Gasteiger partial charge is 0.407 e. The molecular formula is C30H44N3O8-. The lowest BCUT2D eigenvalue weighted by atomic mass is 9.94. The average molecular weight is 575 g/mol. The van der Waals surface area contributed by atoms with E-state index >= 15 is 0 Å². The number of phenolic OH excluding ortho intramolecular Hbond substituents is 1. The third kappa shape index (κ3) is 11.2. The van der Waals surface area contributed by atoms with Crippen LogP contribution in [0.15, 0.2) is 54.6 Å². The van der Waals surface area contributed by atoms with E-state index in [0.717, 1.165) is 10.5 Å². The van der Waals surface area contributed by atoms with Crippen molar-refractivity contribution in [2.75, 3.05) is 19.7 Å². The first-order chi connectivity index (χ1) is 19.1. The molecule has 0 aromatic heterocycles. The van der Waals surface area contributed by atoms with Crippen LogP contribution in [-0.4, -0.2) is 92.6 Å². The molecule has 2 aromatic carbocycles. The van der Waals surface area contributed by atoms with Crippen LogP contribution >= 0.6 is 0 Å². The van der Waals surface area contributed by atoms with Gasteiger partial charge in [-0.2, -0.15) is 0 Å². The first-order valence-electron chi connectivity index (χ1n) is 13.6. The van der Waals surface area contributed by atoms with E-state index in [2.05, 4.69) is 10.6 Å². The maximum absolute atomic E-state index is 12.5. The number of rotatable bonds is 14. The predicted molar refractivity (Wildman–Crippen MR) is 152 cm³/mol. The first-order valence-corrected chi connectivity index (χ1v) is 13.6. The molecule has 11 heteroatoms. The molecule has 0 unspecified atom stereocenters. The van der Waals surface area contributed by atoms with Crippen molar-refractivity contribution in [3.8, 4) is 5.75 Å². The van der Waals surface area contributed by atoms with E-state index in [1.807, 2.05) is 30.3 Å². The largest absolute Gasteiger partial charge is 0.530 e. The fraction of sp³-hybridized carbons (Fsp3) is 0.533. The molecule has 0 aliphatic heterocycles. The van der Waals surface area contributed by atoms with Gasteiger partial charge in [-0.1, -0.05) is 42.5 Å². The normalized spacial score (nSPS) is 14.9. The van der Waals surface area contributed by atoms with Gasteiger partial charge in [0, 0.05) is 13.1 Å². The van der Waals surface area contributed by atoms with Gasteiger partial charge in [-0.15, -0.1) is 0 Å². The number of aromatic hydroxyl groups is 1. The molecule has 0 fully saturated rings. The molecule has 0 saturated heterocycles. The summed E-state index contributed by atoms with van der Waals surface area (Å²) in [6.45, 7) is 7.59. The van der Waals surface area contributed by atoms with Gasteiger partial charge in [-0.05, 0) is 70.7 Å². The highest BCUT2D eigenvalue weighted by Gasteiger charge is 2.36. The summed E-state index contributed by atoms with van der Waals surface area (Å²) >= 11 is 0. The zero-order valence-corrected chi connectivity index (χ0v) is 24.4. The lowest BCUT2D eigenvalue weighted by Crippen LogP contribution is -2.64. The van der Waals surface area contributed by atoms with E-state index in [4.69, 9.17) is 4.74 Å². The Bertz CT molecular complexity index is 1090. The van der Waals surface area contributed by atoms with Gasteiger partial charge in [0.05, 0.1) is 36.4 Å². The molecule has 0 aliphatic rings. The maximum Gasteiger partial charge on any atom is 0.407 e. The number of nitrogens with zero attached hydrogens (tertiary/aromatic N) is 1. The van der Waals surface area contributed by atoms with Gasteiger partial charge < -0.3 is 50.6 Å². The molecule has 2 amide bonds. The number of phenols is 1. The second-order valence-electron chi connectivity index (χ2n) is 11.8. The predicted octanol–water partition coefficient (Wildman–Crippen LogP) is 1.17. The molecule has 0 radical (unpaired) electrons. The second kappa shape index (κ2) is 15.0. The van der Waals surface area contributed by atoms with Crippen molar-refractivity contribution >= 4 is 12.2 Å². The third-order valence-corrected chi connectivity index (χ3v) is 6.56. The first kappa shape index (κ1) is 33.8. The van der Waals surface area contributed by atoms with Crippen molar-refractivity contribution in [2.24, 2.45) is 0 Å². The Morgan fingerprint density at radius 3 is 2.00 bits per heavy atom. The molecular weight excluding hydrogens is 530 g/mol. The van der Waals surface area contributed by atoms with Gasteiger partial charge >= 0.3 is 6.09 Å². The average Bonchev–Trinajstić information content (AvgIpc) is 2.88. The van der Waals surface area contributed by atoms with Crippen LogP contribution in [0, 0.1) is 0 Å². The summed E-state index contributed by atoms with van der Waals surface area (Å²) in [5.41, 5.74) is -0.457. The number of alkyl carbamates (subject to hydrolysis) is 1. The number of aliphatic hydroxyl groups is 3. The number of carbonyl (C=O) groups is 2. The molecule has 6 N–H and O–H groups in total. The quantitative estimate of drug-likeness (QED) is 0.193. The molecule has 2 aromatic rings. The molecule has 228 valence electrons. The number of aliphatic hydroxyl groups excluding tert-OH is 3. The Balaban J connectivity index is 2.17. The van der Waals surface area contributed by atoms with Gasteiger partial charge in [0.2, 0.25) is 0 Å². The Hall–Kier alpha value is -3.38. The maximum atomic E-state index is 12.5. The summed E-state index contributed by atoms with van der Waals surface area (Å²) in [5, 5.41) is 59.6. The van der Waals surface area contributed by atoms with Crippen LogP contribution in [0.5, 0.6) is 5.75 Å². The van der Waals surface area contributed by atoms with Crippen LogP contribution in [0.4, 0.5) is 9.59 Å². The molecule has 0 saturated carbocycles. The molecule has 0 aliphatic carbocycles. The Labute approximate surface area is 241 Å². The van der Waals surface area contributed by atoms with Crippen molar-refractivity contribution in [3.63, 3.8) is 0 Å². The van der Waals surface area contributed by atoms with E-state index < -0.39 is 54.2 Å². The highest BCUT2D eigenvalue weighted by atomic mass is 16.6. The van der Waals surface area contributed by atoms with Gasteiger partial charge in [-0.3, -0.25) is 0 Å². The number of ether oxygens (including phenoxy) is 1. The van der Waals surface area contributed by atoms with Crippen molar-refractivity contribution in [1.82, 2.24) is 15.5 Å². The van der Waals surface area contributed by atoms with E-state index in [1.165, 1.54) is 26.0 Å². The van der Waals surface area contributed by atoms with Crippen LogP contribution in [0.25, 0.3) is 0 Å². The fourth-order valence-electron chi connectivity index (χ4n) is 4.45. The van der Waals surface area contributed by atoms with Crippen molar-refractivity contribution in [3.05, 3.63) is 65.7 Å². The zero-order chi connectivity index (χ0) is 30.8. The Morgan fingerprint density at radius 2 is 1.46 bits per heavy atom. The highest BCUT2D eigenvalue weighted by molar-refractivity contribution is 5.68. The van der Waals surface area contributed by atoms with Crippen molar-refractivity contribution < 1.29 is 39.9 Å². The number of benzene rings is 2. The van der Waals surface area contributed by atoms with Crippen molar-refractivity contribution in [1.29, 1.82) is 0 Å². The van der Waals surface area contributed by atoms with E-state index in [9.17, 15) is 35.1 Å². The number of hydrogen-bond donors (Lipinski definition) is 6. The van der Waals surface area contributed by atoms with Gasteiger partial charge in [0.25, 0.3) is 0 Å². The number of carbonyl (C=O) groups excluding carboxylic acids is 2. The molecule has 0 bridgehead atoms. The number of nitrogens with one attached hydrogen (secondary N) is 2. The monoisotopic (exact) mass is 574 g/mol. The molecule has 0 heterocycles. The molecule has 41 heavy (non-hydrogen) atoms. The summed E-state index contributed by atoms with van der Waals surface area (Å²) in [6, 6.07) is 13.7. The van der Waals surface area contributed by atoms with Crippen LogP contribution in [0.1, 0.15) is 45.7 Å². The summed E-state index contributed by atoms with van der Waals surface area (Å²) in [4.78, 5) is 25.6. The van der Waals surface area contributed by atoms with Crippen LogP contribution in [-0.2, 0) is 17.6 Å². The van der Waals surface area contributed by atoms with E-state index in [-0.39, 0.29) is 25.3 Å². The molecule has 2 rings (SSSR count). The van der Waals surface area contributed by atoms with Gasteiger partial charge in [0.15, 0.2) is 0 Å². The Kier molecular flexibility index (Phi) is 12.4. The summed E-state index contributed by atoms with van der Waals surface area (Å²) < 4.78 is 5.36. The van der Waals surface area contributed by atoms with E-state index in [1.54, 1.807) is 32.9 Å². The van der Waals surface area contributed by atoms with Crippen molar-refractivity contribution in [2.45, 2.75) is 82.9 Å². The molecule has 4 atom stereocenters. The Morgan fingerprint density at radius 1 is 0.902 bits per heavy atom. The molecule has 0 spiro atoms. The minimum absolute atomic E-state index is 0.0367.